The number of fused-ring (bicyclic) bond motifs is 1. The Morgan fingerprint density at radius 1 is 1.50 bits per heavy atom. The molecule has 1 aliphatic rings. The van der Waals surface area contributed by atoms with Gasteiger partial charge in [0.25, 0.3) is 0 Å². The Hall–Kier alpha value is -0.600. The minimum Gasteiger partial charge on any atom is -0.309 e. The van der Waals surface area contributed by atoms with Gasteiger partial charge in [0.05, 0.1) is 5.02 Å². The van der Waals surface area contributed by atoms with Crippen molar-refractivity contribution in [2.45, 2.75) is 20.0 Å². The predicted molar refractivity (Wildman–Crippen MR) is 46.7 cm³/mol. The zero-order valence-electron chi connectivity index (χ0n) is 6.75. The van der Waals surface area contributed by atoms with Crippen molar-refractivity contribution in [1.29, 1.82) is 0 Å². The number of hydrogen-bond acceptors (Lipinski definition) is 1. The Kier molecular flexibility index (Phi) is 1.81. The second-order valence-corrected chi connectivity index (χ2v) is 3.42. The van der Waals surface area contributed by atoms with Gasteiger partial charge in [-0.15, -0.1) is 0 Å². The number of halogens is 2. The molecule has 3 heteroatoms. The zero-order chi connectivity index (χ0) is 8.72. The van der Waals surface area contributed by atoms with Crippen LogP contribution in [0.2, 0.25) is 5.02 Å². The molecule has 0 bridgehead atoms. The van der Waals surface area contributed by atoms with Crippen molar-refractivity contribution >= 4 is 11.6 Å². The highest BCUT2D eigenvalue weighted by Gasteiger charge is 2.17. The predicted octanol–water partition coefficient (Wildman–Crippen LogP) is 2.39. The Bertz CT molecular complexity index is 336. The first kappa shape index (κ1) is 8.02. The zero-order valence-corrected chi connectivity index (χ0v) is 7.50. The number of nitrogens with one attached hydrogen (secondary N) is 1. The lowest BCUT2D eigenvalue weighted by Crippen LogP contribution is -2.00. The van der Waals surface area contributed by atoms with Crippen LogP contribution in [0.4, 0.5) is 4.39 Å². The molecule has 0 fully saturated rings. The molecule has 0 spiro atoms. The fourth-order valence-corrected chi connectivity index (χ4v) is 1.77. The van der Waals surface area contributed by atoms with Gasteiger partial charge in [0.2, 0.25) is 0 Å². The molecular weight excluding hydrogens is 177 g/mol. The third kappa shape index (κ3) is 1.03. The highest BCUT2D eigenvalue weighted by molar-refractivity contribution is 6.32. The van der Waals surface area contributed by atoms with E-state index < -0.39 is 0 Å². The summed E-state index contributed by atoms with van der Waals surface area (Å²) in [6, 6.07) is 1.57. The van der Waals surface area contributed by atoms with Crippen molar-refractivity contribution in [3.63, 3.8) is 0 Å². The summed E-state index contributed by atoms with van der Waals surface area (Å²) in [5, 5.41) is 3.71. The maximum atomic E-state index is 13.1. The topological polar surface area (TPSA) is 12.0 Å². The van der Waals surface area contributed by atoms with Crippen molar-refractivity contribution in [2.75, 3.05) is 0 Å². The van der Waals surface area contributed by atoms with Gasteiger partial charge in [-0.25, -0.2) is 4.39 Å². The van der Waals surface area contributed by atoms with Crippen LogP contribution in [0.3, 0.4) is 0 Å². The van der Waals surface area contributed by atoms with Crippen molar-refractivity contribution in [3.05, 3.63) is 33.6 Å². The highest BCUT2D eigenvalue weighted by atomic mass is 35.5. The molecule has 0 saturated heterocycles. The second kappa shape index (κ2) is 2.71. The summed E-state index contributed by atoms with van der Waals surface area (Å²) in [5.41, 5.74) is 2.60. The van der Waals surface area contributed by atoms with Gasteiger partial charge in [0, 0.05) is 18.7 Å². The average Bonchev–Trinajstić information content (AvgIpc) is 2.48. The van der Waals surface area contributed by atoms with Crippen LogP contribution in [0.15, 0.2) is 6.07 Å². The van der Waals surface area contributed by atoms with E-state index in [2.05, 4.69) is 5.32 Å². The largest absolute Gasteiger partial charge is 0.309 e. The Morgan fingerprint density at radius 2 is 2.25 bits per heavy atom. The van der Waals surface area contributed by atoms with E-state index in [1.54, 1.807) is 13.0 Å². The van der Waals surface area contributed by atoms with Gasteiger partial charge in [-0.2, -0.15) is 0 Å². The van der Waals surface area contributed by atoms with Crippen LogP contribution in [0.1, 0.15) is 16.7 Å². The van der Waals surface area contributed by atoms with Crippen molar-refractivity contribution in [1.82, 2.24) is 5.32 Å². The molecule has 2 rings (SSSR count). The summed E-state index contributed by atoms with van der Waals surface area (Å²) in [6.07, 6.45) is 0. The smallest absolute Gasteiger partial charge is 0.127 e. The van der Waals surface area contributed by atoms with Crippen molar-refractivity contribution in [2.24, 2.45) is 0 Å². The monoisotopic (exact) mass is 185 g/mol. The summed E-state index contributed by atoms with van der Waals surface area (Å²) in [4.78, 5) is 0. The van der Waals surface area contributed by atoms with Gasteiger partial charge >= 0.3 is 0 Å². The van der Waals surface area contributed by atoms with E-state index in [4.69, 9.17) is 11.6 Å². The van der Waals surface area contributed by atoms with E-state index in [-0.39, 0.29) is 5.82 Å². The third-order valence-corrected chi connectivity index (χ3v) is 2.77. The average molecular weight is 186 g/mol. The molecule has 1 aromatic rings. The summed E-state index contributed by atoms with van der Waals surface area (Å²) in [7, 11) is 0. The van der Waals surface area contributed by atoms with Crippen LogP contribution in [-0.4, -0.2) is 0 Å². The van der Waals surface area contributed by atoms with Gasteiger partial charge in [0.1, 0.15) is 5.82 Å². The minimum atomic E-state index is -0.206. The maximum Gasteiger partial charge on any atom is 0.127 e. The van der Waals surface area contributed by atoms with E-state index in [0.717, 1.165) is 24.2 Å². The van der Waals surface area contributed by atoms with Gasteiger partial charge in [-0.1, -0.05) is 11.6 Å². The van der Waals surface area contributed by atoms with Crippen molar-refractivity contribution in [3.8, 4) is 0 Å². The summed E-state index contributed by atoms with van der Waals surface area (Å²) in [5.74, 6) is -0.206. The molecule has 0 atom stereocenters. The molecule has 1 aromatic carbocycles. The van der Waals surface area contributed by atoms with Gasteiger partial charge in [-0.3, -0.25) is 0 Å². The van der Waals surface area contributed by atoms with E-state index in [1.807, 2.05) is 0 Å². The first-order valence-electron chi connectivity index (χ1n) is 3.87. The standard InChI is InChI=1S/C9H9ClFN/c1-5-8(11)2-6-3-12-4-7(6)9(5)10/h2,12H,3-4H2,1H3. The van der Waals surface area contributed by atoms with Gasteiger partial charge in [-0.05, 0) is 24.1 Å². The summed E-state index contributed by atoms with van der Waals surface area (Å²) >= 11 is 5.96. The lowest BCUT2D eigenvalue weighted by Gasteiger charge is -2.05. The number of rotatable bonds is 0. The van der Waals surface area contributed by atoms with Crippen LogP contribution < -0.4 is 5.32 Å². The SMILES string of the molecule is Cc1c(F)cc2c(c1Cl)CNC2. The Balaban J connectivity index is 2.67. The summed E-state index contributed by atoms with van der Waals surface area (Å²) < 4.78 is 13.1. The van der Waals surface area contributed by atoms with E-state index in [9.17, 15) is 4.39 Å². The molecule has 0 radical (unpaired) electrons. The van der Waals surface area contributed by atoms with E-state index in [1.165, 1.54) is 0 Å². The molecule has 0 amide bonds. The fraction of sp³-hybridized carbons (Fsp3) is 0.333. The first-order valence-corrected chi connectivity index (χ1v) is 4.25. The maximum absolute atomic E-state index is 13.1. The van der Waals surface area contributed by atoms with Crippen LogP contribution in [0.25, 0.3) is 0 Å². The Morgan fingerprint density at radius 3 is 3.00 bits per heavy atom. The van der Waals surface area contributed by atoms with E-state index in [0.29, 0.717) is 10.6 Å². The van der Waals surface area contributed by atoms with Crippen LogP contribution in [-0.2, 0) is 13.1 Å². The second-order valence-electron chi connectivity index (χ2n) is 3.04. The molecule has 0 saturated carbocycles. The number of benzene rings is 1. The molecule has 1 N–H and O–H groups in total. The normalized spacial score (nSPS) is 14.9. The number of hydrogen-bond donors (Lipinski definition) is 1. The van der Waals surface area contributed by atoms with Gasteiger partial charge in [0.15, 0.2) is 0 Å². The van der Waals surface area contributed by atoms with Crippen LogP contribution in [0, 0.1) is 12.7 Å². The quantitative estimate of drug-likeness (QED) is 0.655. The lowest BCUT2D eigenvalue weighted by atomic mass is 10.1. The van der Waals surface area contributed by atoms with E-state index >= 15 is 0 Å². The molecule has 64 valence electrons. The van der Waals surface area contributed by atoms with Crippen LogP contribution >= 0.6 is 11.6 Å². The molecule has 1 aliphatic heterocycles. The van der Waals surface area contributed by atoms with Gasteiger partial charge < -0.3 is 5.32 Å². The molecule has 1 heterocycles. The van der Waals surface area contributed by atoms with Crippen LogP contribution in [0.5, 0.6) is 0 Å². The summed E-state index contributed by atoms with van der Waals surface area (Å²) in [6.45, 7) is 3.19. The molecule has 0 unspecified atom stereocenters. The third-order valence-electron chi connectivity index (χ3n) is 2.26. The molecule has 0 aromatic heterocycles. The Labute approximate surface area is 75.5 Å². The molecule has 0 aliphatic carbocycles. The minimum absolute atomic E-state index is 0.206. The van der Waals surface area contributed by atoms with Crippen molar-refractivity contribution < 1.29 is 4.39 Å². The lowest BCUT2D eigenvalue weighted by molar-refractivity contribution is 0.616. The first-order chi connectivity index (χ1) is 5.70. The highest BCUT2D eigenvalue weighted by Crippen LogP contribution is 2.29. The molecular formula is C9H9ClFN. The molecule has 12 heavy (non-hydrogen) atoms. The molecule has 1 nitrogen and oxygen atoms in total. The fourth-order valence-electron chi connectivity index (χ4n) is 1.49.